The van der Waals surface area contributed by atoms with E-state index in [0.717, 1.165) is 18.7 Å². The van der Waals surface area contributed by atoms with Crippen LogP contribution in [0.5, 0.6) is 0 Å². The van der Waals surface area contributed by atoms with Gasteiger partial charge in [-0.3, -0.25) is 0 Å². The Bertz CT molecular complexity index is 269. The number of rotatable bonds is 11. The Hall–Kier alpha value is -0.760. The molecule has 2 nitrogen and oxygen atoms in total. The lowest BCUT2D eigenvalue weighted by molar-refractivity contribution is 0.450. The fourth-order valence-corrected chi connectivity index (χ4v) is 2.23. The minimum absolute atomic E-state index is 0.510. The Kier molecular flexibility index (Phi) is 8.66. The van der Waals surface area contributed by atoms with Crippen molar-refractivity contribution in [2.24, 2.45) is 0 Å². The van der Waals surface area contributed by atoms with Crippen LogP contribution in [0.4, 0.5) is 0 Å². The molecule has 104 valence electrons. The fourth-order valence-electron chi connectivity index (χ4n) is 2.23. The van der Waals surface area contributed by atoms with Gasteiger partial charge in [0.05, 0.1) is 6.26 Å². The average Bonchev–Trinajstić information content (AvgIpc) is 2.85. The second-order valence-electron chi connectivity index (χ2n) is 5.26. The quantitative estimate of drug-likeness (QED) is 0.584. The maximum Gasteiger partial charge on any atom is 0.105 e. The maximum absolute atomic E-state index is 5.35. The first kappa shape index (κ1) is 15.3. The first-order valence-corrected chi connectivity index (χ1v) is 7.58. The molecule has 1 atom stereocenters. The van der Waals surface area contributed by atoms with E-state index in [-0.39, 0.29) is 0 Å². The third kappa shape index (κ3) is 7.54. The summed E-state index contributed by atoms with van der Waals surface area (Å²) in [5.74, 6) is 1.08. The number of furan rings is 1. The van der Waals surface area contributed by atoms with Crippen molar-refractivity contribution < 1.29 is 4.42 Å². The predicted molar refractivity (Wildman–Crippen MR) is 77.9 cm³/mol. The monoisotopic (exact) mass is 251 g/mol. The van der Waals surface area contributed by atoms with Gasteiger partial charge in [0, 0.05) is 12.5 Å². The summed E-state index contributed by atoms with van der Waals surface area (Å²) in [5, 5.41) is 3.56. The summed E-state index contributed by atoms with van der Waals surface area (Å²) >= 11 is 0. The number of hydrogen-bond acceptors (Lipinski definition) is 2. The van der Waals surface area contributed by atoms with Crippen LogP contribution in [-0.4, -0.2) is 12.6 Å². The summed E-state index contributed by atoms with van der Waals surface area (Å²) in [6.45, 7) is 5.63. The molecule has 1 N–H and O–H groups in total. The van der Waals surface area contributed by atoms with E-state index in [1.54, 1.807) is 6.26 Å². The van der Waals surface area contributed by atoms with E-state index < -0.39 is 0 Å². The van der Waals surface area contributed by atoms with Crippen LogP contribution in [0.1, 0.15) is 64.6 Å². The van der Waals surface area contributed by atoms with Crippen molar-refractivity contribution in [2.45, 2.75) is 71.3 Å². The highest BCUT2D eigenvalue weighted by molar-refractivity contribution is 4.99. The Morgan fingerprint density at radius 2 is 1.83 bits per heavy atom. The van der Waals surface area contributed by atoms with Crippen LogP contribution in [0, 0.1) is 0 Å². The van der Waals surface area contributed by atoms with Crippen molar-refractivity contribution >= 4 is 0 Å². The largest absolute Gasteiger partial charge is 0.469 e. The molecule has 0 saturated carbocycles. The van der Waals surface area contributed by atoms with Gasteiger partial charge in [0.25, 0.3) is 0 Å². The van der Waals surface area contributed by atoms with E-state index in [4.69, 9.17) is 4.42 Å². The number of unbranched alkanes of at least 4 members (excludes halogenated alkanes) is 6. The van der Waals surface area contributed by atoms with E-state index in [0.29, 0.717) is 6.04 Å². The summed E-state index contributed by atoms with van der Waals surface area (Å²) in [5.41, 5.74) is 0. The van der Waals surface area contributed by atoms with Crippen LogP contribution in [0.15, 0.2) is 22.8 Å². The van der Waals surface area contributed by atoms with Crippen molar-refractivity contribution in [3.63, 3.8) is 0 Å². The van der Waals surface area contributed by atoms with Gasteiger partial charge in [0.1, 0.15) is 5.76 Å². The third-order valence-electron chi connectivity index (χ3n) is 3.36. The third-order valence-corrected chi connectivity index (χ3v) is 3.36. The molecule has 1 aromatic heterocycles. The number of hydrogen-bond donors (Lipinski definition) is 1. The van der Waals surface area contributed by atoms with Crippen LogP contribution < -0.4 is 5.32 Å². The summed E-state index contributed by atoms with van der Waals surface area (Å²) in [6, 6.07) is 4.51. The second-order valence-corrected chi connectivity index (χ2v) is 5.26. The predicted octanol–water partition coefficient (Wildman–Crippen LogP) is 4.55. The van der Waals surface area contributed by atoms with Crippen molar-refractivity contribution in [3.05, 3.63) is 24.2 Å². The fraction of sp³-hybridized carbons (Fsp3) is 0.750. The minimum Gasteiger partial charge on any atom is -0.469 e. The van der Waals surface area contributed by atoms with Crippen LogP contribution in [0.3, 0.4) is 0 Å². The lowest BCUT2D eigenvalue weighted by atomic mass is 10.1. The van der Waals surface area contributed by atoms with E-state index in [1.165, 1.54) is 44.9 Å². The molecular weight excluding hydrogens is 222 g/mol. The zero-order valence-electron chi connectivity index (χ0n) is 12.1. The van der Waals surface area contributed by atoms with Crippen molar-refractivity contribution in [1.82, 2.24) is 5.32 Å². The molecule has 0 aliphatic carbocycles. The van der Waals surface area contributed by atoms with Crippen molar-refractivity contribution in [1.29, 1.82) is 0 Å². The summed E-state index contributed by atoms with van der Waals surface area (Å²) in [7, 11) is 0. The highest BCUT2D eigenvalue weighted by Gasteiger charge is 2.04. The van der Waals surface area contributed by atoms with E-state index in [9.17, 15) is 0 Å². The van der Waals surface area contributed by atoms with Crippen LogP contribution >= 0.6 is 0 Å². The molecule has 18 heavy (non-hydrogen) atoms. The molecule has 1 aromatic rings. The summed E-state index contributed by atoms with van der Waals surface area (Å²) < 4.78 is 5.35. The molecule has 1 heterocycles. The molecule has 1 rings (SSSR count). The van der Waals surface area contributed by atoms with Gasteiger partial charge in [-0.2, -0.15) is 0 Å². The van der Waals surface area contributed by atoms with Gasteiger partial charge in [0.15, 0.2) is 0 Å². The molecule has 0 aliphatic heterocycles. The highest BCUT2D eigenvalue weighted by Crippen LogP contribution is 2.07. The number of nitrogens with one attached hydrogen (secondary N) is 1. The Morgan fingerprint density at radius 3 is 2.50 bits per heavy atom. The lowest BCUT2D eigenvalue weighted by Crippen LogP contribution is -2.28. The van der Waals surface area contributed by atoms with Gasteiger partial charge >= 0.3 is 0 Å². The van der Waals surface area contributed by atoms with Gasteiger partial charge in [-0.05, 0) is 32.0 Å². The molecular formula is C16H29NO. The zero-order chi connectivity index (χ0) is 13.1. The normalized spacial score (nSPS) is 12.8. The SMILES string of the molecule is CCCCCCCCCNC(C)Cc1ccco1. The Labute approximate surface area is 112 Å². The van der Waals surface area contributed by atoms with Gasteiger partial charge < -0.3 is 9.73 Å². The molecule has 0 aromatic carbocycles. The van der Waals surface area contributed by atoms with E-state index in [2.05, 4.69) is 19.2 Å². The van der Waals surface area contributed by atoms with Crippen molar-refractivity contribution in [2.75, 3.05) is 6.54 Å². The Morgan fingerprint density at radius 1 is 1.11 bits per heavy atom. The maximum atomic E-state index is 5.35. The van der Waals surface area contributed by atoms with Gasteiger partial charge in [-0.25, -0.2) is 0 Å². The molecule has 0 aliphatic rings. The summed E-state index contributed by atoms with van der Waals surface area (Å²) in [4.78, 5) is 0. The molecule has 0 spiro atoms. The average molecular weight is 251 g/mol. The molecule has 0 bridgehead atoms. The second kappa shape index (κ2) is 10.2. The first-order chi connectivity index (χ1) is 8.83. The van der Waals surface area contributed by atoms with E-state index in [1.807, 2.05) is 12.1 Å². The molecule has 1 unspecified atom stereocenters. The minimum atomic E-state index is 0.510. The topological polar surface area (TPSA) is 25.2 Å². The van der Waals surface area contributed by atoms with Crippen LogP contribution in [0.2, 0.25) is 0 Å². The van der Waals surface area contributed by atoms with Gasteiger partial charge in [-0.15, -0.1) is 0 Å². The zero-order valence-corrected chi connectivity index (χ0v) is 12.1. The lowest BCUT2D eigenvalue weighted by Gasteiger charge is -2.12. The van der Waals surface area contributed by atoms with Crippen LogP contribution in [-0.2, 0) is 6.42 Å². The molecule has 0 fully saturated rings. The molecule has 0 radical (unpaired) electrons. The van der Waals surface area contributed by atoms with Crippen LogP contribution in [0.25, 0.3) is 0 Å². The standard InChI is InChI=1S/C16H29NO/c1-3-4-5-6-7-8-9-12-17-15(2)14-16-11-10-13-18-16/h10-11,13,15,17H,3-9,12,14H2,1-2H3. The molecule has 0 saturated heterocycles. The Balaban J connectivity index is 1.88. The molecule has 2 heteroatoms. The van der Waals surface area contributed by atoms with Gasteiger partial charge in [0.2, 0.25) is 0 Å². The van der Waals surface area contributed by atoms with E-state index >= 15 is 0 Å². The first-order valence-electron chi connectivity index (χ1n) is 7.58. The molecule has 0 amide bonds. The van der Waals surface area contributed by atoms with Crippen molar-refractivity contribution in [3.8, 4) is 0 Å². The highest BCUT2D eigenvalue weighted by atomic mass is 16.3. The van der Waals surface area contributed by atoms with Gasteiger partial charge in [-0.1, -0.05) is 45.4 Å². The summed E-state index contributed by atoms with van der Waals surface area (Å²) in [6.07, 6.45) is 12.4. The smallest absolute Gasteiger partial charge is 0.105 e.